The fourth-order valence-corrected chi connectivity index (χ4v) is 3.93. The van der Waals surface area contributed by atoms with E-state index in [4.69, 9.17) is 34.8 Å². The predicted molar refractivity (Wildman–Crippen MR) is 92.3 cm³/mol. The molecule has 1 atom stereocenters. The Kier molecular flexibility index (Phi) is 4.46. The number of benzene rings is 1. The number of fused-ring (bicyclic) bond motifs is 1. The SMILES string of the molecule is CC(c1ccc(Cl)s1)n1c(CCCl)nc2cc(Cl)ccc21. The van der Waals surface area contributed by atoms with Gasteiger partial charge in [-0.1, -0.05) is 23.2 Å². The first-order valence-electron chi connectivity index (χ1n) is 6.57. The molecular weight excluding hydrogens is 347 g/mol. The summed E-state index contributed by atoms with van der Waals surface area (Å²) in [6, 6.07) is 9.93. The number of hydrogen-bond donors (Lipinski definition) is 0. The fourth-order valence-electron chi connectivity index (χ4n) is 2.49. The summed E-state index contributed by atoms with van der Waals surface area (Å²) in [6.45, 7) is 2.15. The van der Waals surface area contributed by atoms with Gasteiger partial charge < -0.3 is 4.57 Å². The van der Waals surface area contributed by atoms with Gasteiger partial charge in [-0.3, -0.25) is 0 Å². The number of rotatable bonds is 4. The summed E-state index contributed by atoms with van der Waals surface area (Å²) < 4.78 is 3.01. The first kappa shape index (κ1) is 15.2. The molecule has 0 aliphatic heterocycles. The summed E-state index contributed by atoms with van der Waals surface area (Å²) in [6.07, 6.45) is 0.720. The van der Waals surface area contributed by atoms with E-state index in [0.29, 0.717) is 10.9 Å². The molecule has 21 heavy (non-hydrogen) atoms. The van der Waals surface area contributed by atoms with E-state index in [1.54, 1.807) is 11.3 Å². The van der Waals surface area contributed by atoms with Gasteiger partial charge in [0.2, 0.25) is 0 Å². The zero-order valence-electron chi connectivity index (χ0n) is 11.3. The first-order valence-corrected chi connectivity index (χ1v) is 8.68. The van der Waals surface area contributed by atoms with E-state index in [9.17, 15) is 0 Å². The van der Waals surface area contributed by atoms with Crippen molar-refractivity contribution >= 4 is 57.2 Å². The number of hydrogen-bond acceptors (Lipinski definition) is 2. The molecule has 0 aliphatic carbocycles. The lowest BCUT2D eigenvalue weighted by atomic mass is 10.2. The van der Waals surface area contributed by atoms with Gasteiger partial charge >= 0.3 is 0 Å². The van der Waals surface area contributed by atoms with Crippen molar-refractivity contribution < 1.29 is 0 Å². The monoisotopic (exact) mass is 358 g/mol. The first-order chi connectivity index (χ1) is 10.1. The molecule has 2 heterocycles. The topological polar surface area (TPSA) is 17.8 Å². The minimum absolute atomic E-state index is 0.159. The minimum Gasteiger partial charge on any atom is -0.320 e. The third kappa shape index (κ3) is 2.93. The highest BCUT2D eigenvalue weighted by Gasteiger charge is 2.18. The number of aromatic nitrogens is 2. The van der Waals surface area contributed by atoms with Crippen LogP contribution >= 0.6 is 46.1 Å². The number of aryl methyl sites for hydroxylation is 1. The van der Waals surface area contributed by atoms with Crippen molar-refractivity contribution in [2.45, 2.75) is 19.4 Å². The van der Waals surface area contributed by atoms with Crippen LogP contribution in [0.4, 0.5) is 0 Å². The quantitative estimate of drug-likeness (QED) is 0.539. The van der Waals surface area contributed by atoms with Crippen LogP contribution in [0.25, 0.3) is 11.0 Å². The summed E-state index contributed by atoms with van der Waals surface area (Å²) >= 11 is 19.6. The van der Waals surface area contributed by atoms with Gasteiger partial charge in [0.25, 0.3) is 0 Å². The Morgan fingerprint density at radius 2 is 2.05 bits per heavy atom. The van der Waals surface area contributed by atoms with Gasteiger partial charge in [0, 0.05) is 22.2 Å². The molecule has 0 saturated heterocycles. The van der Waals surface area contributed by atoms with Crippen molar-refractivity contribution in [2.75, 3.05) is 5.88 Å². The van der Waals surface area contributed by atoms with Gasteiger partial charge in [-0.05, 0) is 37.3 Å². The summed E-state index contributed by atoms with van der Waals surface area (Å²) in [4.78, 5) is 5.88. The van der Waals surface area contributed by atoms with E-state index in [1.165, 1.54) is 4.88 Å². The molecule has 2 aromatic heterocycles. The molecule has 2 nitrogen and oxygen atoms in total. The molecule has 3 rings (SSSR count). The van der Waals surface area contributed by atoms with Crippen molar-refractivity contribution in [3.63, 3.8) is 0 Å². The zero-order valence-corrected chi connectivity index (χ0v) is 14.4. The van der Waals surface area contributed by atoms with Crippen molar-refractivity contribution in [2.24, 2.45) is 0 Å². The Balaban J connectivity index is 2.16. The number of nitrogens with zero attached hydrogens (tertiary/aromatic N) is 2. The second kappa shape index (κ2) is 6.17. The lowest BCUT2D eigenvalue weighted by Crippen LogP contribution is -2.10. The van der Waals surface area contributed by atoms with Crippen LogP contribution in [0.2, 0.25) is 9.36 Å². The number of thiophene rings is 1. The smallest absolute Gasteiger partial charge is 0.111 e. The van der Waals surface area contributed by atoms with Crippen molar-refractivity contribution in [3.8, 4) is 0 Å². The predicted octanol–water partition coefficient (Wildman–Crippen LogP) is 5.80. The molecule has 0 amide bonds. The molecule has 1 unspecified atom stereocenters. The van der Waals surface area contributed by atoms with Crippen molar-refractivity contribution in [3.05, 3.63) is 50.4 Å². The summed E-state index contributed by atoms with van der Waals surface area (Å²) in [5.41, 5.74) is 1.97. The Hall–Kier alpha value is -0.740. The average Bonchev–Trinajstić information content (AvgIpc) is 3.01. The van der Waals surface area contributed by atoms with E-state index in [0.717, 1.165) is 27.6 Å². The second-order valence-electron chi connectivity index (χ2n) is 4.79. The molecule has 0 spiro atoms. The molecule has 1 aromatic carbocycles. The van der Waals surface area contributed by atoms with Crippen LogP contribution in [0.15, 0.2) is 30.3 Å². The molecule has 0 bridgehead atoms. The zero-order chi connectivity index (χ0) is 15.0. The number of halogens is 3. The maximum absolute atomic E-state index is 6.07. The highest BCUT2D eigenvalue weighted by Crippen LogP contribution is 2.33. The van der Waals surface area contributed by atoms with Gasteiger partial charge in [0.05, 0.1) is 21.4 Å². The van der Waals surface area contributed by atoms with Crippen LogP contribution in [0.1, 0.15) is 23.7 Å². The fraction of sp³-hybridized carbons (Fsp3) is 0.267. The van der Waals surface area contributed by atoms with Crippen LogP contribution < -0.4 is 0 Å². The van der Waals surface area contributed by atoms with Crippen LogP contribution in [-0.2, 0) is 6.42 Å². The largest absolute Gasteiger partial charge is 0.320 e. The van der Waals surface area contributed by atoms with Gasteiger partial charge in [-0.2, -0.15) is 0 Å². The van der Waals surface area contributed by atoms with E-state index in [2.05, 4.69) is 22.5 Å². The molecule has 0 aliphatic rings. The van der Waals surface area contributed by atoms with Gasteiger partial charge in [0.15, 0.2) is 0 Å². The van der Waals surface area contributed by atoms with Crippen molar-refractivity contribution in [1.82, 2.24) is 9.55 Å². The van der Waals surface area contributed by atoms with Gasteiger partial charge in [-0.15, -0.1) is 22.9 Å². The molecule has 0 saturated carbocycles. The Labute approximate surface area is 142 Å². The Morgan fingerprint density at radius 3 is 2.71 bits per heavy atom. The highest BCUT2D eigenvalue weighted by molar-refractivity contribution is 7.16. The van der Waals surface area contributed by atoms with Gasteiger partial charge in [-0.25, -0.2) is 4.98 Å². The maximum atomic E-state index is 6.07. The summed E-state index contributed by atoms with van der Waals surface area (Å²) in [7, 11) is 0. The van der Waals surface area contributed by atoms with Crippen LogP contribution in [0.5, 0.6) is 0 Å². The van der Waals surface area contributed by atoms with Crippen LogP contribution in [-0.4, -0.2) is 15.4 Å². The third-order valence-corrected chi connectivity index (χ3v) is 5.26. The molecule has 110 valence electrons. The molecule has 0 fully saturated rings. The van der Waals surface area contributed by atoms with Crippen molar-refractivity contribution in [1.29, 1.82) is 0 Å². The second-order valence-corrected chi connectivity index (χ2v) is 7.35. The van der Waals surface area contributed by atoms with Crippen LogP contribution in [0, 0.1) is 0 Å². The van der Waals surface area contributed by atoms with Gasteiger partial charge in [0.1, 0.15) is 5.82 Å². The molecule has 0 radical (unpaired) electrons. The van der Waals surface area contributed by atoms with E-state index in [1.807, 2.05) is 24.3 Å². The van der Waals surface area contributed by atoms with Crippen LogP contribution in [0.3, 0.4) is 0 Å². The molecule has 6 heteroatoms. The average molecular weight is 360 g/mol. The van der Waals surface area contributed by atoms with E-state index in [-0.39, 0.29) is 6.04 Å². The number of imidazole rings is 1. The molecule has 3 aromatic rings. The molecular formula is C15H13Cl3N2S. The Morgan fingerprint density at radius 1 is 1.24 bits per heavy atom. The lowest BCUT2D eigenvalue weighted by molar-refractivity contribution is 0.633. The lowest BCUT2D eigenvalue weighted by Gasteiger charge is -2.16. The third-order valence-electron chi connectivity index (χ3n) is 3.44. The van der Waals surface area contributed by atoms with E-state index >= 15 is 0 Å². The maximum Gasteiger partial charge on any atom is 0.111 e. The van der Waals surface area contributed by atoms with E-state index < -0.39 is 0 Å². The standard InChI is InChI=1S/C15H13Cl3N2S/c1-9(13-4-5-14(18)21-13)20-12-3-2-10(17)8-11(12)19-15(20)6-7-16/h2-5,8-9H,6-7H2,1H3. The normalized spacial score (nSPS) is 13.0. The Bertz CT molecular complexity index is 778. The minimum atomic E-state index is 0.159. The highest BCUT2D eigenvalue weighted by atomic mass is 35.5. The summed E-state index contributed by atoms with van der Waals surface area (Å²) in [5.74, 6) is 1.51. The number of alkyl halides is 1. The molecule has 0 N–H and O–H groups in total. The summed E-state index contributed by atoms with van der Waals surface area (Å²) in [5, 5.41) is 0.691.